The average Bonchev–Trinajstić information content (AvgIpc) is 2.14. The number of hydrogen-bond acceptors (Lipinski definition) is 1. The average molecular weight is 207 g/mol. The van der Waals surface area contributed by atoms with Gasteiger partial charge in [0.1, 0.15) is 5.71 Å². The van der Waals surface area contributed by atoms with Crippen molar-refractivity contribution in [3.8, 4) is 0 Å². The van der Waals surface area contributed by atoms with E-state index in [9.17, 15) is 13.2 Å². The number of rotatable bonds is 2. The van der Waals surface area contributed by atoms with E-state index >= 15 is 0 Å². The molecule has 0 amide bonds. The molecule has 0 aromatic heterocycles. The van der Waals surface area contributed by atoms with Gasteiger partial charge in [-0.3, -0.25) is 4.99 Å². The van der Waals surface area contributed by atoms with Gasteiger partial charge >= 0.3 is 6.18 Å². The van der Waals surface area contributed by atoms with Gasteiger partial charge in [0, 0.05) is 6.20 Å². The molecule has 0 aliphatic rings. The van der Waals surface area contributed by atoms with E-state index in [1.807, 2.05) is 13.8 Å². The lowest BCUT2D eigenvalue weighted by Crippen LogP contribution is -2.20. The van der Waals surface area contributed by atoms with Gasteiger partial charge in [-0.15, -0.1) is 0 Å². The van der Waals surface area contributed by atoms with Crippen LogP contribution in [-0.4, -0.2) is 11.9 Å². The summed E-state index contributed by atoms with van der Waals surface area (Å²) < 4.78 is 36.0. The maximum atomic E-state index is 12.0. The number of hydrogen-bond donors (Lipinski definition) is 0. The topological polar surface area (TPSA) is 12.4 Å². The molecule has 0 saturated carbocycles. The first-order valence-corrected chi connectivity index (χ1v) is 4.41. The molecule has 0 atom stereocenters. The van der Waals surface area contributed by atoms with Gasteiger partial charge in [-0.1, -0.05) is 26.0 Å². The molecule has 0 unspecified atom stereocenters. The van der Waals surface area contributed by atoms with Crippen molar-refractivity contribution in [2.45, 2.75) is 33.9 Å². The second-order valence-corrected chi connectivity index (χ2v) is 1.99. The summed E-state index contributed by atoms with van der Waals surface area (Å²) in [6.45, 7) is 7.12. The summed E-state index contributed by atoms with van der Waals surface area (Å²) in [7, 11) is 0. The molecule has 0 fully saturated rings. The third-order valence-electron chi connectivity index (χ3n) is 0.978. The van der Waals surface area contributed by atoms with E-state index in [2.05, 4.69) is 4.99 Å². The third kappa shape index (κ3) is 7.58. The maximum Gasteiger partial charge on any atom is 0.433 e. The molecule has 0 aliphatic carbocycles. The van der Waals surface area contributed by atoms with Crippen molar-refractivity contribution in [1.29, 1.82) is 0 Å². The molecule has 0 aromatic rings. The van der Waals surface area contributed by atoms with Crippen LogP contribution in [0, 0.1) is 0 Å². The molecular weight excluding hydrogens is 191 g/mol. The minimum absolute atomic E-state index is 0.886. The molecule has 0 N–H and O–H groups in total. The quantitative estimate of drug-likeness (QED) is 0.604. The zero-order valence-electron chi connectivity index (χ0n) is 8.89. The second-order valence-electron chi connectivity index (χ2n) is 1.99. The molecule has 1 nitrogen and oxygen atoms in total. The lowest BCUT2D eigenvalue weighted by Gasteiger charge is -2.03. The molecule has 0 spiro atoms. The van der Waals surface area contributed by atoms with Gasteiger partial charge in [-0.2, -0.15) is 13.2 Å². The SMILES string of the molecule is CC.C\C=C/N=C(\C=C/C)C(F)(F)F. The Hall–Kier alpha value is -1.06. The normalized spacial score (nSPS) is 13.2. The van der Waals surface area contributed by atoms with Crippen LogP contribution in [0.3, 0.4) is 0 Å². The van der Waals surface area contributed by atoms with Gasteiger partial charge in [0.15, 0.2) is 0 Å². The molecule has 82 valence electrons. The smallest absolute Gasteiger partial charge is 0.252 e. The van der Waals surface area contributed by atoms with E-state index in [1.165, 1.54) is 19.1 Å². The predicted molar refractivity (Wildman–Crippen MR) is 54.5 cm³/mol. The van der Waals surface area contributed by atoms with E-state index in [0.29, 0.717) is 0 Å². The van der Waals surface area contributed by atoms with Crippen LogP contribution in [0.5, 0.6) is 0 Å². The molecule has 0 aliphatic heterocycles. The van der Waals surface area contributed by atoms with E-state index < -0.39 is 11.9 Å². The molecule has 0 radical (unpaired) electrons. The van der Waals surface area contributed by atoms with Gasteiger partial charge in [-0.25, -0.2) is 0 Å². The van der Waals surface area contributed by atoms with Gasteiger partial charge in [0.05, 0.1) is 0 Å². The Balaban J connectivity index is 0. The summed E-state index contributed by atoms with van der Waals surface area (Å²) in [6, 6.07) is 0. The lowest BCUT2D eigenvalue weighted by atomic mass is 10.3. The van der Waals surface area contributed by atoms with E-state index in [0.717, 1.165) is 12.3 Å². The first-order valence-electron chi connectivity index (χ1n) is 4.41. The first-order chi connectivity index (χ1) is 6.52. The highest BCUT2D eigenvalue weighted by Gasteiger charge is 2.33. The van der Waals surface area contributed by atoms with Crippen LogP contribution in [0.15, 0.2) is 29.4 Å². The van der Waals surface area contributed by atoms with E-state index in [-0.39, 0.29) is 0 Å². The fourth-order valence-electron chi connectivity index (χ4n) is 0.523. The van der Waals surface area contributed by atoms with Crippen molar-refractivity contribution < 1.29 is 13.2 Å². The van der Waals surface area contributed by atoms with E-state index in [4.69, 9.17) is 0 Å². The van der Waals surface area contributed by atoms with Gasteiger partial charge in [0.2, 0.25) is 0 Å². The Bertz CT molecular complexity index is 212. The molecule has 14 heavy (non-hydrogen) atoms. The predicted octanol–water partition coefficient (Wildman–Crippen LogP) is 4.13. The minimum Gasteiger partial charge on any atom is -0.252 e. The van der Waals surface area contributed by atoms with Crippen LogP contribution >= 0.6 is 0 Å². The van der Waals surface area contributed by atoms with Crippen LogP contribution in [-0.2, 0) is 0 Å². The van der Waals surface area contributed by atoms with Crippen LogP contribution in [0.4, 0.5) is 13.2 Å². The fraction of sp³-hybridized carbons (Fsp3) is 0.500. The summed E-state index contributed by atoms with van der Waals surface area (Å²) in [6.07, 6.45) is 0.417. The van der Waals surface area contributed by atoms with Gasteiger partial charge < -0.3 is 0 Å². The molecule has 0 rings (SSSR count). The maximum absolute atomic E-state index is 12.0. The molecule has 0 bridgehead atoms. The lowest BCUT2D eigenvalue weighted by molar-refractivity contribution is -0.0576. The van der Waals surface area contributed by atoms with Crippen molar-refractivity contribution >= 4 is 5.71 Å². The third-order valence-corrected chi connectivity index (χ3v) is 0.978. The van der Waals surface area contributed by atoms with Crippen molar-refractivity contribution in [2.75, 3.05) is 0 Å². The van der Waals surface area contributed by atoms with Crippen molar-refractivity contribution in [3.05, 3.63) is 24.4 Å². The van der Waals surface area contributed by atoms with Crippen LogP contribution < -0.4 is 0 Å². The molecule has 0 aromatic carbocycles. The van der Waals surface area contributed by atoms with E-state index in [1.54, 1.807) is 6.92 Å². The second kappa shape index (κ2) is 8.53. The highest BCUT2D eigenvalue weighted by Crippen LogP contribution is 2.18. The van der Waals surface area contributed by atoms with Gasteiger partial charge in [-0.05, 0) is 19.9 Å². The Kier molecular flexibility index (Phi) is 9.40. The molecule has 0 heterocycles. The van der Waals surface area contributed by atoms with Crippen LogP contribution in [0.25, 0.3) is 0 Å². The summed E-state index contributed by atoms with van der Waals surface area (Å²) in [5, 5.41) is 0. The zero-order chi connectivity index (χ0) is 11.6. The highest BCUT2D eigenvalue weighted by molar-refractivity contribution is 5.99. The molecular formula is C10H16F3N. The Morgan fingerprint density at radius 3 is 1.86 bits per heavy atom. The van der Waals surface area contributed by atoms with Crippen molar-refractivity contribution in [3.63, 3.8) is 0 Å². The Morgan fingerprint density at radius 1 is 1.07 bits per heavy atom. The summed E-state index contributed by atoms with van der Waals surface area (Å²) in [5.74, 6) is 0. The minimum atomic E-state index is -4.37. The number of halogens is 3. The first kappa shape index (κ1) is 15.4. The number of aliphatic imine (C=N–C) groups is 1. The number of nitrogens with zero attached hydrogens (tertiary/aromatic N) is 1. The number of allylic oxidation sites excluding steroid dienone is 3. The van der Waals surface area contributed by atoms with Crippen LogP contribution in [0.1, 0.15) is 27.7 Å². The summed E-state index contributed by atoms with van der Waals surface area (Å²) in [5.41, 5.74) is -0.886. The van der Waals surface area contributed by atoms with Crippen LogP contribution in [0.2, 0.25) is 0 Å². The molecule has 0 saturated heterocycles. The van der Waals surface area contributed by atoms with Crippen molar-refractivity contribution in [2.24, 2.45) is 4.99 Å². The van der Waals surface area contributed by atoms with Crippen molar-refractivity contribution in [1.82, 2.24) is 0 Å². The largest absolute Gasteiger partial charge is 0.433 e. The Morgan fingerprint density at radius 2 is 1.57 bits per heavy atom. The monoisotopic (exact) mass is 207 g/mol. The summed E-state index contributed by atoms with van der Waals surface area (Å²) >= 11 is 0. The highest BCUT2D eigenvalue weighted by atomic mass is 19.4. The molecule has 4 heteroatoms. The zero-order valence-corrected chi connectivity index (χ0v) is 8.89. The fourth-order valence-corrected chi connectivity index (χ4v) is 0.523. The summed E-state index contributed by atoms with van der Waals surface area (Å²) in [4.78, 5) is 3.23. The number of alkyl halides is 3. The standard InChI is InChI=1S/C8H10F3N.C2H6/c1-3-5-7(8(9,10)11)12-6-4-2;1-2/h3-6H,1-2H3;1-2H3/b5-3-,6-4-,12-7+;. The van der Waals surface area contributed by atoms with Gasteiger partial charge in [0.25, 0.3) is 0 Å². The Labute approximate surface area is 83.0 Å².